The van der Waals surface area contributed by atoms with Crippen molar-refractivity contribution in [1.82, 2.24) is 4.90 Å². The van der Waals surface area contributed by atoms with Gasteiger partial charge in [0.2, 0.25) is 0 Å². The van der Waals surface area contributed by atoms with Crippen molar-refractivity contribution in [2.75, 3.05) is 18.4 Å². The Kier molecular flexibility index (Phi) is 4.05. The second-order valence-electron chi connectivity index (χ2n) is 4.63. The number of nitrogens with zero attached hydrogens (tertiary/aromatic N) is 1. The molecule has 1 fully saturated rings. The number of hydrogen-bond donors (Lipinski definition) is 1. The number of piperidine rings is 1. The first-order valence-electron chi connectivity index (χ1n) is 5.96. The van der Waals surface area contributed by atoms with E-state index in [9.17, 15) is 4.79 Å². The fourth-order valence-electron chi connectivity index (χ4n) is 2.14. The molecule has 1 aromatic carbocycles. The minimum absolute atomic E-state index is 0.00894. The minimum Gasteiger partial charge on any atom is -0.324 e. The van der Waals surface area contributed by atoms with Gasteiger partial charge < -0.3 is 10.2 Å². The molecule has 2 rings (SSSR count). The van der Waals surface area contributed by atoms with Crippen LogP contribution >= 0.6 is 15.9 Å². The Labute approximate surface area is 110 Å². The largest absolute Gasteiger partial charge is 0.324 e. The Balaban J connectivity index is 1.96. The summed E-state index contributed by atoms with van der Waals surface area (Å²) in [5, 5.41) is 2.93. The number of hydrogen-bond acceptors (Lipinski definition) is 1. The normalized spacial score (nSPS) is 20.1. The lowest BCUT2D eigenvalue weighted by molar-refractivity contribution is 0.182. The van der Waals surface area contributed by atoms with Crippen LogP contribution in [-0.4, -0.2) is 24.0 Å². The van der Waals surface area contributed by atoms with Gasteiger partial charge >= 0.3 is 6.03 Å². The smallest absolute Gasteiger partial charge is 0.321 e. The van der Waals surface area contributed by atoms with Gasteiger partial charge in [0, 0.05) is 23.2 Å². The van der Waals surface area contributed by atoms with Gasteiger partial charge in [-0.1, -0.05) is 28.9 Å². The van der Waals surface area contributed by atoms with Gasteiger partial charge in [-0.3, -0.25) is 0 Å². The molecule has 2 amide bonds. The third-order valence-corrected chi connectivity index (χ3v) is 3.51. The highest BCUT2D eigenvalue weighted by Gasteiger charge is 2.20. The van der Waals surface area contributed by atoms with Crippen molar-refractivity contribution >= 4 is 27.6 Å². The number of likely N-dealkylation sites (tertiary alicyclic amines) is 1. The van der Waals surface area contributed by atoms with Crippen LogP contribution in [0.5, 0.6) is 0 Å². The van der Waals surface area contributed by atoms with Crippen molar-refractivity contribution in [2.45, 2.75) is 19.8 Å². The zero-order valence-corrected chi connectivity index (χ0v) is 11.5. The van der Waals surface area contributed by atoms with Crippen LogP contribution in [0.25, 0.3) is 0 Å². The van der Waals surface area contributed by atoms with Gasteiger partial charge in [-0.25, -0.2) is 4.79 Å². The molecule has 0 spiro atoms. The predicted molar refractivity (Wildman–Crippen MR) is 73.1 cm³/mol. The van der Waals surface area contributed by atoms with Crippen LogP contribution in [0.2, 0.25) is 0 Å². The van der Waals surface area contributed by atoms with E-state index in [4.69, 9.17) is 0 Å². The summed E-state index contributed by atoms with van der Waals surface area (Å²) >= 11 is 3.39. The summed E-state index contributed by atoms with van der Waals surface area (Å²) < 4.78 is 0.974. The molecule has 1 N–H and O–H groups in total. The first-order chi connectivity index (χ1) is 8.15. The van der Waals surface area contributed by atoms with Gasteiger partial charge in [0.25, 0.3) is 0 Å². The van der Waals surface area contributed by atoms with E-state index in [2.05, 4.69) is 28.2 Å². The van der Waals surface area contributed by atoms with Crippen LogP contribution in [-0.2, 0) is 0 Å². The fourth-order valence-corrected chi connectivity index (χ4v) is 2.54. The Hall–Kier alpha value is -1.03. The maximum absolute atomic E-state index is 12.0. The SMILES string of the molecule is CC1CCCN(C(=O)Nc2cccc(Br)c2)C1. The highest BCUT2D eigenvalue weighted by molar-refractivity contribution is 9.10. The molecule has 0 bridgehead atoms. The molecule has 1 aliphatic heterocycles. The van der Waals surface area contributed by atoms with E-state index in [1.54, 1.807) is 0 Å². The minimum atomic E-state index is 0.00894. The summed E-state index contributed by atoms with van der Waals surface area (Å²) in [6, 6.07) is 7.67. The quantitative estimate of drug-likeness (QED) is 0.842. The third kappa shape index (κ3) is 3.46. The van der Waals surface area contributed by atoms with Crippen molar-refractivity contribution < 1.29 is 4.79 Å². The molecule has 1 aromatic rings. The van der Waals surface area contributed by atoms with Crippen LogP contribution in [0.15, 0.2) is 28.7 Å². The number of benzene rings is 1. The van der Waals surface area contributed by atoms with E-state index in [0.29, 0.717) is 5.92 Å². The van der Waals surface area contributed by atoms with E-state index in [0.717, 1.165) is 29.7 Å². The molecule has 3 nitrogen and oxygen atoms in total. The van der Waals surface area contributed by atoms with Gasteiger partial charge in [0.05, 0.1) is 0 Å². The molecular formula is C13H17BrN2O. The molecule has 0 aliphatic carbocycles. The molecule has 1 unspecified atom stereocenters. The molecule has 1 atom stereocenters. The lowest BCUT2D eigenvalue weighted by Crippen LogP contribution is -2.41. The zero-order chi connectivity index (χ0) is 12.3. The van der Waals surface area contributed by atoms with E-state index in [1.807, 2.05) is 29.2 Å². The molecule has 4 heteroatoms. The summed E-state index contributed by atoms with van der Waals surface area (Å²) in [5.74, 6) is 0.608. The van der Waals surface area contributed by atoms with E-state index in [1.165, 1.54) is 6.42 Å². The number of nitrogens with one attached hydrogen (secondary N) is 1. The van der Waals surface area contributed by atoms with E-state index < -0.39 is 0 Å². The lowest BCUT2D eigenvalue weighted by Gasteiger charge is -2.30. The van der Waals surface area contributed by atoms with Crippen LogP contribution in [0.4, 0.5) is 10.5 Å². The summed E-state index contributed by atoms with van der Waals surface area (Å²) in [5.41, 5.74) is 0.836. The van der Waals surface area contributed by atoms with Crippen LogP contribution in [0.3, 0.4) is 0 Å². The van der Waals surface area contributed by atoms with Gasteiger partial charge in [0.1, 0.15) is 0 Å². The zero-order valence-electron chi connectivity index (χ0n) is 9.95. The van der Waals surface area contributed by atoms with Gasteiger partial charge in [-0.2, -0.15) is 0 Å². The molecule has 0 radical (unpaired) electrons. The molecular weight excluding hydrogens is 280 g/mol. The maximum Gasteiger partial charge on any atom is 0.321 e. The molecule has 1 aliphatic rings. The van der Waals surface area contributed by atoms with Gasteiger partial charge in [0.15, 0.2) is 0 Å². The average Bonchev–Trinajstić information content (AvgIpc) is 2.29. The first kappa shape index (κ1) is 12.4. The number of urea groups is 1. The number of rotatable bonds is 1. The number of amides is 2. The Morgan fingerprint density at radius 3 is 3.06 bits per heavy atom. The number of carbonyl (C=O) groups excluding carboxylic acids is 1. The first-order valence-corrected chi connectivity index (χ1v) is 6.76. The second-order valence-corrected chi connectivity index (χ2v) is 5.55. The lowest BCUT2D eigenvalue weighted by atomic mass is 10.0. The summed E-state index contributed by atoms with van der Waals surface area (Å²) in [6.45, 7) is 3.92. The molecule has 0 saturated carbocycles. The number of halogens is 1. The van der Waals surface area contributed by atoms with Crippen LogP contribution in [0.1, 0.15) is 19.8 Å². The summed E-state index contributed by atoms with van der Waals surface area (Å²) in [7, 11) is 0. The van der Waals surface area contributed by atoms with Crippen LogP contribution < -0.4 is 5.32 Å². The standard InChI is InChI=1S/C13H17BrN2O/c1-10-4-3-7-16(9-10)13(17)15-12-6-2-5-11(14)8-12/h2,5-6,8,10H,3-4,7,9H2,1H3,(H,15,17). The van der Waals surface area contributed by atoms with Crippen molar-refractivity contribution in [2.24, 2.45) is 5.92 Å². The Bertz CT molecular complexity index is 408. The molecule has 1 heterocycles. The Morgan fingerprint density at radius 2 is 2.35 bits per heavy atom. The number of anilines is 1. The maximum atomic E-state index is 12.0. The van der Waals surface area contributed by atoms with Gasteiger partial charge in [-0.05, 0) is 37.0 Å². The third-order valence-electron chi connectivity index (χ3n) is 3.02. The highest BCUT2D eigenvalue weighted by atomic mass is 79.9. The summed E-state index contributed by atoms with van der Waals surface area (Å²) in [4.78, 5) is 13.9. The van der Waals surface area contributed by atoms with Crippen molar-refractivity contribution in [1.29, 1.82) is 0 Å². The Morgan fingerprint density at radius 1 is 1.53 bits per heavy atom. The molecule has 0 aromatic heterocycles. The molecule has 1 saturated heterocycles. The van der Waals surface area contributed by atoms with E-state index in [-0.39, 0.29) is 6.03 Å². The average molecular weight is 297 g/mol. The van der Waals surface area contributed by atoms with Crippen molar-refractivity contribution in [3.8, 4) is 0 Å². The van der Waals surface area contributed by atoms with E-state index >= 15 is 0 Å². The monoisotopic (exact) mass is 296 g/mol. The van der Waals surface area contributed by atoms with Crippen molar-refractivity contribution in [3.05, 3.63) is 28.7 Å². The summed E-state index contributed by atoms with van der Waals surface area (Å²) in [6.07, 6.45) is 2.33. The number of carbonyl (C=O) groups is 1. The second kappa shape index (κ2) is 5.54. The van der Waals surface area contributed by atoms with Crippen LogP contribution in [0, 0.1) is 5.92 Å². The highest BCUT2D eigenvalue weighted by Crippen LogP contribution is 2.19. The predicted octanol–water partition coefficient (Wildman–Crippen LogP) is 3.71. The molecule has 17 heavy (non-hydrogen) atoms. The molecule has 92 valence electrons. The van der Waals surface area contributed by atoms with Gasteiger partial charge in [-0.15, -0.1) is 0 Å². The van der Waals surface area contributed by atoms with Crippen molar-refractivity contribution in [3.63, 3.8) is 0 Å². The topological polar surface area (TPSA) is 32.3 Å². The fraction of sp³-hybridized carbons (Fsp3) is 0.462.